The number of carbonyl (C=O) groups is 1. The molecular formula is C22H31N3O2. The number of benzene rings is 1. The molecule has 1 N–H and O–H groups in total. The largest absolute Gasteiger partial charge is 0.383 e. The predicted molar refractivity (Wildman–Crippen MR) is 108 cm³/mol. The van der Waals surface area contributed by atoms with Gasteiger partial charge in [-0.25, -0.2) is 4.79 Å². The summed E-state index contributed by atoms with van der Waals surface area (Å²) in [6.07, 6.45) is 7.97. The molecule has 1 saturated carbocycles. The smallest absolute Gasteiger partial charge is 0.318 e. The van der Waals surface area contributed by atoms with Gasteiger partial charge in [-0.05, 0) is 30.5 Å². The number of hydrogen-bond donors (Lipinski definition) is 1. The zero-order valence-corrected chi connectivity index (χ0v) is 16.3. The molecule has 5 nitrogen and oxygen atoms in total. The van der Waals surface area contributed by atoms with E-state index in [1.165, 1.54) is 24.8 Å². The lowest BCUT2D eigenvalue weighted by Crippen LogP contribution is -2.46. The van der Waals surface area contributed by atoms with Gasteiger partial charge in [0.05, 0.1) is 13.2 Å². The number of nitrogens with zero attached hydrogens (tertiary/aromatic N) is 2. The van der Waals surface area contributed by atoms with Crippen molar-refractivity contribution in [2.45, 2.75) is 51.2 Å². The Hall–Kier alpha value is -2.27. The first-order chi connectivity index (χ1) is 13.3. The number of rotatable bonds is 8. The van der Waals surface area contributed by atoms with Gasteiger partial charge >= 0.3 is 6.03 Å². The van der Waals surface area contributed by atoms with Crippen molar-refractivity contribution >= 4 is 6.03 Å². The van der Waals surface area contributed by atoms with Crippen molar-refractivity contribution < 1.29 is 9.53 Å². The molecular weight excluding hydrogens is 338 g/mol. The standard InChI is InChI=1S/C22H31N3O2/c1-27-16-15-25(22(26)23-20-11-6-3-7-12-20)18-21-13-8-14-24(21)17-19-9-4-2-5-10-19/h2,4-5,8-10,13-14,20H,3,6-7,11-12,15-18H2,1H3,(H,23,26). The Morgan fingerprint density at radius 1 is 1.15 bits per heavy atom. The van der Waals surface area contributed by atoms with Crippen LogP contribution in [0.3, 0.4) is 0 Å². The summed E-state index contributed by atoms with van der Waals surface area (Å²) < 4.78 is 7.44. The van der Waals surface area contributed by atoms with Gasteiger partial charge in [0.15, 0.2) is 0 Å². The minimum absolute atomic E-state index is 0.0198. The topological polar surface area (TPSA) is 46.5 Å². The molecule has 5 heteroatoms. The fourth-order valence-corrected chi connectivity index (χ4v) is 3.69. The van der Waals surface area contributed by atoms with Crippen molar-refractivity contribution in [2.75, 3.05) is 20.3 Å². The van der Waals surface area contributed by atoms with E-state index in [0.29, 0.717) is 25.7 Å². The van der Waals surface area contributed by atoms with E-state index in [1.54, 1.807) is 7.11 Å². The SMILES string of the molecule is COCCN(Cc1cccn1Cc1ccccc1)C(=O)NC1CCCCC1. The van der Waals surface area contributed by atoms with Crippen LogP contribution in [0.1, 0.15) is 43.4 Å². The van der Waals surface area contributed by atoms with Gasteiger partial charge in [0.2, 0.25) is 0 Å². The second kappa shape index (κ2) is 10.2. The third kappa shape index (κ3) is 5.86. The van der Waals surface area contributed by atoms with Crippen molar-refractivity contribution in [3.05, 3.63) is 59.9 Å². The molecule has 146 valence electrons. The van der Waals surface area contributed by atoms with Crippen molar-refractivity contribution in [3.63, 3.8) is 0 Å². The van der Waals surface area contributed by atoms with Crippen LogP contribution in [0, 0.1) is 0 Å². The van der Waals surface area contributed by atoms with Crippen LogP contribution >= 0.6 is 0 Å². The first-order valence-corrected chi connectivity index (χ1v) is 9.98. The maximum Gasteiger partial charge on any atom is 0.318 e. The van der Waals surface area contributed by atoms with Gasteiger partial charge in [0.25, 0.3) is 0 Å². The molecule has 1 fully saturated rings. The van der Waals surface area contributed by atoms with Gasteiger partial charge in [-0.3, -0.25) is 0 Å². The summed E-state index contributed by atoms with van der Waals surface area (Å²) >= 11 is 0. The number of nitrogens with one attached hydrogen (secondary N) is 1. The van der Waals surface area contributed by atoms with Crippen LogP contribution in [0.2, 0.25) is 0 Å². The van der Waals surface area contributed by atoms with E-state index in [1.807, 2.05) is 17.0 Å². The first-order valence-electron chi connectivity index (χ1n) is 9.98. The molecule has 1 aliphatic carbocycles. The van der Waals surface area contributed by atoms with E-state index >= 15 is 0 Å². The highest BCUT2D eigenvalue weighted by molar-refractivity contribution is 5.74. The number of ether oxygens (including phenoxy) is 1. The molecule has 1 aromatic heterocycles. The van der Waals surface area contributed by atoms with Crippen LogP contribution < -0.4 is 5.32 Å². The normalized spacial score (nSPS) is 14.9. The monoisotopic (exact) mass is 369 g/mol. The Labute approximate surface area is 162 Å². The number of carbonyl (C=O) groups excluding carboxylic acids is 1. The molecule has 2 amide bonds. The zero-order valence-electron chi connectivity index (χ0n) is 16.3. The zero-order chi connectivity index (χ0) is 18.9. The van der Waals surface area contributed by atoms with Crippen LogP contribution in [0.25, 0.3) is 0 Å². The van der Waals surface area contributed by atoms with Crippen LogP contribution in [-0.4, -0.2) is 41.8 Å². The Bertz CT molecular complexity index is 693. The third-order valence-corrected chi connectivity index (χ3v) is 5.26. The van der Waals surface area contributed by atoms with Crippen molar-refractivity contribution in [3.8, 4) is 0 Å². The van der Waals surface area contributed by atoms with Gasteiger partial charge in [0.1, 0.15) is 0 Å². The highest BCUT2D eigenvalue weighted by Crippen LogP contribution is 2.18. The van der Waals surface area contributed by atoms with Gasteiger partial charge in [-0.2, -0.15) is 0 Å². The second-order valence-corrected chi connectivity index (χ2v) is 7.31. The summed E-state index contributed by atoms with van der Waals surface area (Å²) in [5.74, 6) is 0. The van der Waals surface area contributed by atoms with Crippen molar-refractivity contribution in [2.24, 2.45) is 0 Å². The number of urea groups is 1. The maximum absolute atomic E-state index is 12.9. The lowest BCUT2D eigenvalue weighted by atomic mass is 9.96. The van der Waals surface area contributed by atoms with Crippen LogP contribution in [0.15, 0.2) is 48.7 Å². The molecule has 27 heavy (non-hydrogen) atoms. The average Bonchev–Trinajstić information content (AvgIpc) is 3.13. The van der Waals surface area contributed by atoms with Gasteiger partial charge in [-0.15, -0.1) is 0 Å². The lowest BCUT2D eigenvalue weighted by Gasteiger charge is -2.28. The molecule has 0 saturated heterocycles. The molecule has 0 unspecified atom stereocenters. The fourth-order valence-electron chi connectivity index (χ4n) is 3.69. The highest BCUT2D eigenvalue weighted by atomic mass is 16.5. The lowest BCUT2D eigenvalue weighted by molar-refractivity contribution is 0.142. The second-order valence-electron chi connectivity index (χ2n) is 7.31. The fraction of sp³-hybridized carbons (Fsp3) is 0.500. The molecule has 0 aliphatic heterocycles. The summed E-state index contributed by atoms with van der Waals surface area (Å²) in [5, 5.41) is 3.23. The van der Waals surface area contributed by atoms with E-state index in [9.17, 15) is 4.79 Å². The van der Waals surface area contributed by atoms with Crippen LogP contribution in [0.5, 0.6) is 0 Å². The summed E-state index contributed by atoms with van der Waals surface area (Å²) in [6.45, 7) is 2.52. The Morgan fingerprint density at radius 3 is 2.67 bits per heavy atom. The highest BCUT2D eigenvalue weighted by Gasteiger charge is 2.20. The first kappa shape index (κ1) is 19.5. The minimum atomic E-state index is 0.0198. The number of methoxy groups -OCH3 is 1. The van der Waals surface area contributed by atoms with E-state index in [2.05, 4.69) is 46.4 Å². The Morgan fingerprint density at radius 2 is 1.93 bits per heavy atom. The minimum Gasteiger partial charge on any atom is -0.383 e. The van der Waals surface area contributed by atoms with Crippen LogP contribution in [0.4, 0.5) is 4.79 Å². The Balaban J connectivity index is 1.65. The van der Waals surface area contributed by atoms with E-state index in [0.717, 1.165) is 25.1 Å². The summed E-state index contributed by atoms with van der Waals surface area (Å²) in [7, 11) is 1.68. The van der Waals surface area contributed by atoms with E-state index < -0.39 is 0 Å². The number of amides is 2. The maximum atomic E-state index is 12.9. The third-order valence-electron chi connectivity index (χ3n) is 5.26. The predicted octanol–water partition coefficient (Wildman–Crippen LogP) is 4.03. The molecule has 0 atom stereocenters. The van der Waals surface area contributed by atoms with E-state index in [-0.39, 0.29) is 6.03 Å². The van der Waals surface area contributed by atoms with Crippen molar-refractivity contribution in [1.82, 2.24) is 14.8 Å². The van der Waals surface area contributed by atoms with Gasteiger partial charge in [0, 0.05) is 38.1 Å². The molecule has 0 bridgehead atoms. The molecule has 2 aromatic rings. The summed E-state index contributed by atoms with van der Waals surface area (Å²) in [5.41, 5.74) is 2.39. The Kier molecular flexibility index (Phi) is 7.34. The molecule has 1 aromatic carbocycles. The molecule has 1 aliphatic rings. The van der Waals surface area contributed by atoms with Gasteiger partial charge < -0.3 is 19.5 Å². The van der Waals surface area contributed by atoms with Crippen molar-refractivity contribution in [1.29, 1.82) is 0 Å². The van der Waals surface area contributed by atoms with Crippen LogP contribution in [-0.2, 0) is 17.8 Å². The molecule has 1 heterocycles. The molecule has 0 radical (unpaired) electrons. The summed E-state index contributed by atoms with van der Waals surface area (Å²) in [6, 6.07) is 14.9. The summed E-state index contributed by atoms with van der Waals surface area (Å²) in [4.78, 5) is 14.7. The van der Waals surface area contributed by atoms with Gasteiger partial charge in [-0.1, -0.05) is 49.6 Å². The van der Waals surface area contributed by atoms with E-state index in [4.69, 9.17) is 4.74 Å². The number of aromatic nitrogens is 1. The number of hydrogen-bond acceptors (Lipinski definition) is 2. The average molecular weight is 370 g/mol. The molecule has 0 spiro atoms. The molecule has 3 rings (SSSR count). The quantitative estimate of drug-likeness (QED) is 0.764.